The zero-order chi connectivity index (χ0) is 16.2. The summed E-state index contributed by atoms with van der Waals surface area (Å²) in [7, 11) is 0. The molecule has 1 aromatic heterocycles. The molecule has 23 heavy (non-hydrogen) atoms. The van der Waals surface area contributed by atoms with E-state index in [4.69, 9.17) is 4.74 Å². The van der Waals surface area contributed by atoms with E-state index in [1.54, 1.807) is 0 Å². The number of rotatable bonds is 4. The van der Waals surface area contributed by atoms with Gasteiger partial charge in [0.15, 0.2) is 6.61 Å². The van der Waals surface area contributed by atoms with Crippen molar-refractivity contribution in [3.63, 3.8) is 0 Å². The minimum atomic E-state index is -0.322. The van der Waals surface area contributed by atoms with E-state index in [0.29, 0.717) is 12.3 Å². The molecule has 1 saturated heterocycles. The summed E-state index contributed by atoms with van der Waals surface area (Å²) in [6, 6.07) is 7.71. The van der Waals surface area contributed by atoms with Crippen LogP contribution in [-0.4, -0.2) is 40.7 Å². The summed E-state index contributed by atoms with van der Waals surface area (Å²) in [6.45, 7) is 3.35. The number of aryl methyl sites for hydroxylation is 1. The van der Waals surface area contributed by atoms with Gasteiger partial charge in [-0.2, -0.15) is 5.10 Å². The second-order valence-electron chi connectivity index (χ2n) is 5.90. The number of benzene rings is 1. The summed E-state index contributed by atoms with van der Waals surface area (Å²) in [6.07, 6.45) is 1.99. The standard InChI is InChI=1S/C17H20FN3O2/c1-12-9-16(20-19-12)13-3-2-8-21(10-13)17(22)11-23-15-6-4-14(18)5-7-15/h4-7,9,13H,2-3,8,10-11H2,1H3,(H,19,20)/t13-/m1/s1. The molecule has 0 saturated carbocycles. The van der Waals surface area contributed by atoms with Gasteiger partial charge >= 0.3 is 0 Å². The smallest absolute Gasteiger partial charge is 0.260 e. The first-order valence-corrected chi connectivity index (χ1v) is 7.80. The number of aromatic nitrogens is 2. The van der Waals surface area contributed by atoms with Gasteiger partial charge in [0.05, 0.1) is 5.69 Å². The first-order valence-electron chi connectivity index (χ1n) is 7.80. The molecule has 0 aliphatic carbocycles. The number of hydrogen-bond donors (Lipinski definition) is 1. The molecule has 1 aliphatic heterocycles. The lowest BCUT2D eigenvalue weighted by Gasteiger charge is -2.31. The minimum Gasteiger partial charge on any atom is -0.484 e. The highest BCUT2D eigenvalue weighted by Gasteiger charge is 2.26. The van der Waals surface area contributed by atoms with Crippen LogP contribution >= 0.6 is 0 Å². The monoisotopic (exact) mass is 317 g/mol. The van der Waals surface area contributed by atoms with Crippen LogP contribution in [0.3, 0.4) is 0 Å². The molecular weight excluding hydrogens is 297 g/mol. The second-order valence-corrected chi connectivity index (χ2v) is 5.90. The van der Waals surface area contributed by atoms with E-state index in [1.807, 2.05) is 17.9 Å². The van der Waals surface area contributed by atoms with Gasteiger partial charge in [0.25, 0.3) is 5.91 Å². The number of piperidine rings is 1. The number of amides is 1. The van der Waals surface area contributed by atoms with Gasteiger partial charge in [-0.05, 0) is 50.1 Å². The fraction of sp³-hybridized carbons (Fsp3) is 0.412. The summed E-state index contributed by atoms with van der Waals surface area (Å²) in [5.41, 5.74) is 2.04. The molecule has 0 radical (unpaired) electrons. The van der Waals surface area contributed by atoms with Crippen molar-refractivity contribution in [1.29, 1.82) is 0 Å². The number of halogens is 1. The molecule has 2 heterocycles. The van der Waals surface area contributed by atoms with E-state index < -0.39 is 0 Å². The zero-order valence-electron chi connectivity index (χ0n) is 13.1. The fourth-order valence-electron chi connectivity index (χ4n) is 2.86. The lowest BCUT2D eigenvalue weighted by atomic mass is 9.94. The molecule has 1 N–H and O–H groups in total. The summed E-state index contributed by atoms with van der Waals surface area (Å²) in [5, 5.41) is 7.26. The van der Waals surface area contributed by atoms with Crippen LogP contribution in [0.5, 0.6) is 5.75 Å². The average Bonchev–Trinajstić information content (AvgIpc) is 3.01. The number of nitrogens with one attached hydrogen (secondary N) is 1. The van der Waals surface area contributed by atoms with E-state index in [-0.39, 0.29) is 24.2 Å². The zero-order valence-corrected chi connectivity index (χ0v) is 13.1. The van der Waals surface area contributed by atoms with Crippen molar-refractivity contribution in [2.24, 2.45) is 0 Å². The van der Waals surface area contributed by atoms with Crippen molar-refractivity contribution in [1.82, 2.24) is 15.1 Å². The fourth-order valence-corrected chi connectivity index (χ4v) is 2.86. The Hall–Kier alpha value is -2.37. The third-order valence-electron chi connectivity index (χ3n) is 4.09. The third kappa shape index (κ3) is 3.88. The normalized spacial score (nSPS) is 18.0. The number of likely N-dealkylation sites (tertiary alicyclic amines) is 1. The number of nitrogens with zero attached hydrogens (tertiary/aromatic N) is 2. The van der Waals surface area contributed by atoms with Crippen LogP contribution in [0.2, 0.25) is 0 Å². The lowest BCUT2D eigenvalue weighted by molar-refractivity contribution is -0.134. The van der Waals surface area contributed by atoms with E-state index in [0.717, 1.165) is 30.8 Å². The maximum absolute atomic E-state index is 12.8. The van der Waals surface area contributed by atoms with Gasteiger partial charge in [-0.15, -0.1) is 0 Å². The number of ether oxygens (including phenoxy) is 1. The first-order chi connectivity index (χ1) is 11.1. The van der Waals surface area contributed by atoms with Crippen molar-refractivity contribution in [2.45, 2.75) is 25.7 Å². The number of hydrogen-bond acceptors (Lipinski definition) is 3. The van der Waals surface area contributed by atoms with Gasteiger partial charge in [0.2, 0.25) is 0 Å². The van der Waals surface area contributed by atoms with E-state index in [9.17, 15) is 9.18 Å². The molecule has 0 spiro atoms. The Labute approximate surface area is 134 Å². The second kappa shape index (κ2) is 6.81. The van der Waals surface area contributed by atoms with Crippen molar-refractivity contribution >= 4 is 5.91 Å². The molecule has 122 valence electrons. The summed E-state index contributed by atoms with van der Waals surface area (Å²) in [4.78, 5) is 14.1. The maximum atomic E-state index is 12.8. The van der Waals surface area contributed by atoms with Crippen LogP contribution < -0.4 is 4.74 Å². The highest BCUT2D eigenvalue weighted by Crippen LogP contribution is 2.26. The molecule has 2 aromatic rings. The van der Waals surface area contributed by atoms with Crippen molar-refractivity contribution in [2.75, 3.05) is 19.7 Å². The lowest BCUT2D eigenvalue weighted by Crippen LogP contribution is -2.41. The van der Waals surface area contributed by atoms with Crippen LogP contribution in [0.4, 0.5) is 4.39 Å². The van der Waals surface area contributed by atoms with Gasteiger partial charge in [0, 0.05) is 24.7 Å². The Morgan fingerprint density at radius 2 is 2.22 bits per heavy atom. The molecule has 1 aliphatic rings. The molecule has 1 fully saturated rings. The van der Waals surface area contributed by atoms with Gasteiger partial charge in [0.1, 0.15) is 11.6 Å². The SMILES string of the molecule is Cc1cc([C@@H]2CCCN(C(=O)COc3ccc(F)cc3)C2)n[nH]1. The highest BCUT2D eigenvalue weighted by atomic mass is 19.1. The quantitative estimate of drug-likeness (QED) is 0.943. The Kier molecular flexibility index (Phi) is 4.60. The van der Waals surface area contributed by atoms with Crippen LogP contribution in [0.25, 0.3) is 0 Å². The van der Waals surface area contributed by atoms with E-state index in [2.05, 4.69) is 10.2 Å². The Balaban J connectivity index is 1.55. The van der Waals surface area contributed by atoms with Crippen LogP contribution in [-0.2, 0) is 4.79 Å². The van der Waals surface area contributed by atoms with Crippen LogP contribution in [0.1, 0.15) is 30.1 Å². The van der Waals surface area contributed by atoms with Gasteiger partial charge in [-0.25, -0.2) is 4.39 Å². The Morgan fingerprint density at radius 3 is 2.91 bits per heavy atom. The van der Waals surface area contributed by atoms with Crippen molar-refractivity contribution in [3.05, 3.63) is 47.5 Å². The van der Waals surface area contributed by atoms with E-state index in [1.165, 1.54) is 24.3 Å². The summed E-state index contributed by atoms with van der Waals surface area (Å²) in [5.74, 6) is 0.392. The number of H-pyrrole nitrogens is 1. The van der Waals surface area contributed by atoms with Gasteiger partial charge in [-0.1, -0.05) is 0 Å². The molecule has 6 heteroatoms. The highest BCUT2D eigenvalue weighted by molar-refractivity contribution is 5.78. The molecule has 5 nitrogen and oxygen atoms in total. The Morgan fingerprint density at radius 1 is 1.43 bits per heavy atom. The minimum absolute atomic E-state index is 0.0298. The molecule has 0 bridgehead atoms. The number of aromatic amines is 1. The van der Waals surface area contributed by atoms with Crippen LogP contribution in [0.15, 0.2) is 30.3 Å². The van der Waals surface area contributed by atoms with Crippen LogP contribution in [0, 0.1) is 12.7 Å². The summed E-state index contributed by atoms with van der Waals surface area (Å²) >= 11 is 0. The molecule has 1 amide bonds. The predicted octanol–water partition coefficient (Wildman–Crippen LogP) is 2.64. The molecule has 1 aromatic carbocycles. The van der Waals surface area contributed by atoms with Crippen molar-refractivity contribution in [3.8, 4) is 5.75 Å². The largest absolute Gasteiger partial charge is 0.484 e. The average molecular weight is 317 g/mol. The Bertz CT molecular complexity index is 669. The topological polar surface area (TPSA) is 58.2 Å². The summed E-state index contributed by atoms with van der Waals surface area (Å²) < 4.78 is 18.3. The number of carbonyl (C=O) groups excluding carboxylic acids is 1. The number of carbonyl (C=O) groups is 1. The predicted molar refractivity (Wildman–Crippen MR) is 83.8 cm³/mol. The van der Waals surface area contributed by atoms with E-state index >= 15 is 0 Å². The van der Waals surface area contributed by atoms with Gasteiger partial charge < -0.3 is 9.64 Å². The molecule has 1 atom stereocenters. The first kappa shape index (κ1) is 15.5. The van der Waals surface area contributed by atoms with Crippen molar-refractivity contribution < 1.29 is 13.9 Å². The maximum Gasteiger partial charge on any atom is 0.260 e. The molecule has 0 unspecified atom stereocenters. The van der Waals surface area contributed by atoms with Gasteiger partial charge in [-0.3, -0.25) is 9.89 Å². The molecular formula is C17H20FN3O2. The third-order valence-corrected chi connectivity index (χ3v) is 4.09. The molecule has 3 rings (SSSR count).